The number of halogens is 1. The van der Waals surface area contributed by atoms with Crippen molar-refractivity contribution >= 4 is 34.1 Å². The molecular weight excluding hydrogens is 254 g/mol. The minimum absolute atomic E-state index is 0.0734. The topological polar surface area (TPSA) is 70.9 Å². The molecule has 0 aliphatic heterocycles. The summed E-state index contributed by atoms with van der Waals surface area (Å²) in [6.07, 6.45) is 3.06. The maximum atomic E-state index is 12.0. The lowest BCUT2D eigenvalue weighted by molar-refractivity contribution is 0.102. The lowest BCUT2D eigenvalue weighted by Gasteiger charge is -2.04. The van der Waals surface area contributed by atoms with Gasteiger partial charge in [0.2, 0.25) is 5.22 Å². The van der Waals surface area contributed by atoms with Gasteiger partial charge in [0.05, 0.1) is 29.2 Å². The van der Waals surface area contributed by atoms with E-state index >= 15 is 0 Å². The molecule has 0 aliphatic rings. The van der Waals surface area contributed by atoms with Crippen molar-refractivity contribution in [1.29, 1.82) is 0 Å². The maximum Gasteiger partial charge on any atom is 0.260 e. The molecule has 0 bridgehead atoms. The number of fused-ring (bicyclic) bond motifs is 1. The molecule has 0 saturated carbocycles. The van der Waals surface area contributed by atoms with E-state index in [1.807, 2.05) is 12.1 Å². The first-order valence-corrected chi connectivity index (χ1v) is 5.60. The van der Waals surface area contributed by atoms with Gasteiger partial charge in [-0.2, -0.15) is 5.10 Å². The number of nitrogens with zero attached hydrogens (tertiary/aromatic N) is 1. The van der Waals surface area contributed by atoms with Crippen LogP contribution in [-0.4, -0.2) is 16.1 Å². The van der Waals surface area contributed by atoms with E-state index in [0.29, 0.717) is 11.3 Å². The van der Waals surface area contributed by atoms with E-state index in [1.54, 1.807) is 12.3 Å². The third-order valence-electron chi connectivity index (χ3n) is 2.59. The molecule has 0 spiro atoms. The minimum Gasteiger partial charge on any atom is -0.452 e. The molecular formula is C12H8ClN3O2. The highest BCUT2D eigenvalue weighted by Crippen LogP contribution is 2.23. The standard InChI is InChI=1S/C12H8ClN3O2/c13-11-8(4-5-18-11)12(17)15-9-3-1-2-7-6-14-16-10(7)9/h1-6H,(H,14,16)(H,15,17). The van der Waals surface area contributed by atoms with E-state index in [2.05, 4.69) is 15.5 Å². The smallest absolute Gasteiger partial charge is 0.260 e. The van der Waals surface area contributed by atoms with Crippen molar-refractivity contribution in [3.63, 3.8) is 0 Å². The molecule has 2 aromatic heterocycles. The van der Waals surface area contributed by atoms with E-state index in [-0.39, 0.29) is 11.1 Å². The highest BCUT2D eigenvalue weighted by atomic mass is 35.5. The maximum absolute atomic E-state index is 12.0. The summed E-state index contributed by atoms with van der Waals surface area (Å²) in [4.78, 5) is 12.0. The second-order valence-corrected chi connectivity index (χ2v) is 4.05. The molecule has 2 N–H and O–H groups in total. The molecule has 6 heteroatoms. The van der Waals surface area contributed by atoms with Gasteiger partial charge in [0.15, 0.2) is 0 Å². The zero-order valence-corrected chi connectivity index (χ0v) is 9.86. The fourth-order valence-electron chi connectivity index (χ4n) is 1.72. The number of hydrogen-bond donors (Lipinski definition) is 2. The Morgan fingerprint density at radius 1 is 1.39 bits per heavy atom. The van der Waals surface area contributed by atoms with Gasteiger partial charge in [-0.15, -0.1) is 0 Å². The summed E-state index contributed by atoms with van der Waals surface area (Å²) in [5.41, 5.74) is 1.71. The summed E-state index contributed by atoms with van der Waals surface area (Å²) in [6.45, 7) is 0. The van der Waals surface area contributed by atoms with Crippen LogP contribution in [0.3, 0.4) is 0 Å². The zero-order chi connectivity index (χ0) is 12.5. The summed E-state index contributed by atoms with van der Waals surface area (Å²) in [5, 5.41) is 10.5. The number of H-pyrrole nitrogens is 1. The average molecular weight is 262 g/mol. The van der Waals surface area contributed by atoms with Gasteiger partial charge in [0.25, 0.3) is 5.91 Å². The number of rotatable bonds is 2. The lowest BCUT2D eigenvalue weighted by Crippen LogP contribution is -2.11. The van der Waals surface area contributed by atoms with Crippen molar-refractivity contribution in [3.05, 3.63) is 47.5 Å². The number of carbonyl (C=O) groups is 1. The van der Waals surface area contributed by atoms with Gasteiger partial charge in [-0.05, 0) is 23.7 Å². The summed E-state index contributed by atoms with van der Waals surface area (Å²) in [7, 11) is 0. The summed E-state index contributed by atoms with van der Waals surface area (Å²) in [6, 6.07) is 7.04. The van der Waals surface area contributed by atoms with Crippen LogP contribution >= 0.6 is 11.6 Å². The summed E-state index contributed by atoms with van der Waals surface area (Å²) < 4.78 is 4.88. The van der Waals surface area contributed by atoms with E-state index in [9.17, 15) is 4.79 Å². The van der Waals surface area contributed by atoms with Gasteiger partial charge in [-0.3, -0.25) is 9.89 Å². The Morgan fingerprint density at radius 2 is 2.28 bits per heavy atom. The Balaban J connectivity index is 1.95. The zero-order valence-electron chi connectivity index (χ0n) is 9.11. The number of carbonyl (C=O) groups excluding carboxylic acids is 1. The van der Waals surface area contributed by atoms with Gasteiger partial charge in [-0.25, -0.2) is 0 Å². The third-order valence-corrected chi connectivity index (χ3v) is 2.88. The number of anilines is 1. The quantitative estimate of drug-likeness (QED) is 0.745. The molecule has 18 heavy (non-hydrogen) atoms. The Bertz CT molecular complexity index is 717. The van der Waals surface area contributed by atoms with E-state index in [4.69, 9.17) is 16.0 Å². The van der Waals surface area contributed by atoms with Crippen LogP contribution in [0.4, 0.5) is 5.69 Å². The minimum atomic E-state index is -0.323. The Hall–Kier alpha value is -2.27. The van der Waals surface area contributed by atoms with E-state index in [0.717, 1.165) is 10.9 Å². The third kappa shape index (κ3) is 1.74. The molecule has 0 radical (unpaired) electrons. The molecule has 1 amide bonds. The molecule has 0 saturated heterocycles. The largest absolute Gasteiger partial charge is 0.452 e. The fourth-order valence-corrected chi connectivity index (χ4v) is 1.92. The summed E-state index contributed by atoms with van der Waals surface area (Å²) >= 11 is 5.75. The SMILES string of the molecule is O=C(Nc1cccc2cn[nH]c12)c1ccoc1Cl. The molecule has 0 unspecified atom stereocenters. The molecule has 1 aromatic carbocycles. The normalized spacial score (nSPS) is 10.7. The molecule has 3 rings (SSSR count). The van der Waals surface area contributed by atoms with Gasteiger partial charge in [0.1, 0.15) is 0 Å². The van der Waals surface area contributed by atoms with Crippen molar-refractivity contribution in [2.24, 2.45) is 0 Å². The number of aromatic amines is 1. The van der Waals surface area contributed by atoms with Crippen molar-refractivity contribution in [3.8, 4) is 0 Å². The van der Waals surface area contributed by atoms with Crippen LogP contribution in [0.2, 0.25) is 5.22 Å². The van der Waals surface area contributed by atoms with Crippen molar-refractivity contribution in [2.75, 3.05) is 5.32 Å². The van der Waals surface area contributed by atoms with Crippen LogP contribution < -0.4 is 5.32 Å². The second kappa shape index (κ2) is 4.19. The first-order valence-electron chi connectivity index (χ1n) is 5.22. The number of furan rings is 1. The number of aromatic nitrogens is 2. The van der Waals surface area contributed by atoms with Crippen LogP contribution in [0.5, 0.6) is 0 Å². The van der Waals surface area contributed by atoms with Gasteiger partial charge < -0.3 is 9.73 Å². The van der Waals surface area contributed by atoms with Crippen LogP contribution in [0.1, 0.15) is 10.4 Å². The Kier molecular flexibility index (Phi) is 2.53. The first-order chi connectivity index (χ1) is 8.75. The van der Waals surface area contributed by atoms with Gasteiger partial charge in [0, 0.05) is 5.39 Å². The van der Waals surface area contributed by atoms with Crippen LogP contribution in [0.25, 0.3) is 10.9 Å². The molecule has 3 aromatic rings. The van der Waals surface area contributed by atoms with Crippen LogP contribution in [0, 0.1) is 0 Å². The van der Waals surface area contributed by atoms with Crippen molar-refractivity contribution in [1.82, 2.24) is 10.2 Å². The number of para-hydroxylation sites is 1. The monoisotopic (exact) mass is 261 g/mol. The second-order valence-electron chi connectivity index (χ2n) is 3.70. The Labute approximate surface area is 107 Å². The van der Waals surface area contributed by atoms with E-state index in [1.165, 1.54) is 12.3 Å². The van der Waals surface area contributed by atoms with Crippen molar-refractivity contribution in [2.45, 2.75) is 0 Å². The number of nitrogens with one attached hydrogen (secondary N) is 2. The number of amides is 1. The number of benzene rings is 1. The first kappa shape index (κ1) is 10.9. The van der Waals surface area contributed by atoms with Crippen LogP contribution in [-0.2, 0) is 0 Å². The van der Waals surface area contributed by atoms with Crippen LogP contribution in [0.15, 0.2) is 41.1 Å². The predicted molar refractivity (Wildman–Crippen MR) is 67.8 cm³/mol. The average Bonchev–Trinajstić information content (AvgIpc) is 2.97. The van der Waals surface area contributed by atoms with Gasteiger partial charge in [-0.1, -0.05) is 12.1 Å². The molecule has 0 fully saturated rings. The molecule has 0 aliphatic carbocycles. The predicted octanol–water partition coefficient (Wildman–Crippen LogP) is 3.06. The number of hydrogen-bond acceptors (Lipinski definition) is 3. The van der Waals surface area contributed by atoms with Crippen molar-refractivity contribution < 1.29 is 9.21 Å². The molecule has 2 heterocycles. The molecule has 0 atom stereocenters. The highest BCUT2D eigenvalue weighted by Gasteiger charge is 2.14. The Morgan fingerprint density at radius 3 is 3.06 bits per heavy atom. The molecule has 5 nitrogen and oxygen atoms in total. The lowest BCUT2D eigenvalue weighted by atomic mass is 10.2. The fraction of sp³-hybridized carbons (Fsp3) is 0. The molecule has 90 valence electrons. The van der Waals surface area contributed by atoms with E-state index < -0.39 is 0 Å². The summed E-state index contributed by atoms with van der Waals surface area (Å²) in [5.74, 6) is -0.323. The van der Waals surface area contributed by atoms with Gasteiger partial charge >= 0.3 is 0 Å². The highest BCUT2D eigenvalue weighted by molar-refractivity contribution is 6.32.